The molecule has 0 aliphatic carbocycles. The molecule has 0 radical (unpaired) electrons. The highest BCUT2D eigenvalue weighted by Gasteiger charge is 2.17. The summed E-state index contributed by atoms with van der Waals surface area (Å²) in [5, 5.41) is 12.1. The molecule has 3 nitrogen and oxygen atoms in total. The third-order valence-electron chi connectivity index (χ3n) is 3.43. The van der Waals surface area contributed by atoms with E-state index >= 15 is 0 Å². The number of benzene rings is 1. The number of anilines is 1. The minimum Gasteiger partial charge on any atom is -0.491 e. The van der Waals surface area contributed by atoms with E-state index < -0.39 is 0 Å². The zero-order valence-corrected chi connectivity index (χ0v) is 13.1. The number of ether oxygens (including phenoxy) is 1. The lowest BCUT2D eigenvalue weighted by Gasteiger charge is -2.24. The smallest absolute Gasteiger partial charge is 0.121 e. The number of rotatable bonds is 8. The Kier molecular flexibility index (Phi) is 6.38. The van der Waals surface area contributed by atoms with Gasteiger partial charge >= 0.3 is 0 Å². The van der Waals surface area contributed by atoms with Crippen molar-refractivity contribution in [3.8, 4) is 11.8 Å². The molecule has 0 saturated heterocycles. The Morgan fingerprint density at radius 1 is 1.40 bits per heavy atom. The monoisotopic (exact) mass is 274 g/mol. The summed E-state index contributed by atoms with van der Waals surface area (Å²) in [5.74, 6) is 0.902. The first-order chi connectivity index (χ1) is 9.46. The third kappa shape index (κ3) is 5.97. The first-order valence-electron chi connectivity index (χ1n) is 7.34. The van der Waals surface area contributed by atoms with Crippen molar-refractivity contribution in [1.82, 2.24) is 0 Å². The van der Waals surface area contributed by atoms with Gasteiger partial charge in [-0.3, -0.25) is 0 Å². The van der Waals surface area contributed by atoms with Crippen LogP contribution in [0.3, 0.4) is 0 Å². The van der Waals surface area contributed by atoms with E-state index in [1.165, 1.54) is 0 Å². The summed E-state index contributed by atoms with van der Waals surface area (Å²) in [4.78, 5) is 0. The van der Waals surface area contributed by atoms with E-state index in [9.17, 15) is 0 Å². The van der Waals surface area contributed by atoms with E-state index in [0.29, 0.717) is 6.42 Å². The van der Waals surface area contributed by atoms with E-state index in [2.05, 4.69) is 39.1 Å². The minimum atomic E-state index is 0.114. The van der Waals surface area contributed by atoms with Crippen molar-refractivity contribution in [2.45, 2.75) is 53.1 Å². The molecule has 0 spiro atoms. The zero-order chi connectivity index (χ0) is 15.0. The lowest BCUT2D eigenvalue weighted by Crippen LogP contribution is -2.22. The van der Waals surface area contributed by atoms with Crippen LogP contribution in [0.2, 0.25) is 0 Å². The highest BCUT2D eigenvalue weighted by molar-refractivity contribution is 5.48. The van der Waals surface area contributed by atoms with Gasteiger partial charge in [0.15, 0.2) is 0 Å². The number of nitrogens with one attached hydrogen (secondary N) is 1. The predicted molar refractivity (Wildman–Crippen MR) is 83.9 cm³/mol. The summed E-state index contributed by atoms with van der Waals surface area (Å²) in [6.45, 7) is 9.39. The van der Waals surface area contributed by atoms with E-state index in [0.717, 1.165) is 30.8 Å². The van der Waals surface area contributed by atoms with Crippen molar-refractivity contribution in [2.24, 2.45) is 5.41 Å². The highest BCUT2D eigenvalue weighted by atomic mass is 16.5. The second kappa shape index (κ2) is 7.79. The largest absolute Gasteiger partial charge is 0.491 e. The Hall–Kier alpha value is -1.69. The molecule has 0 saturated carbocycles. The Morgan fingerprint density at radius 2 is 2.15 bits per heavy atom. The van der Waals surface area contributed by atoms with Gasteiger partial charge in [0.25, 0.3) is 0 Å². The van der Waals surface area contributed by atoms with Gasteiger partial charge < -0.3 is 10.1 Å². The summed E-state index contributed by atoms with van der Waals surface area (Å²) in [6.07, 6.45) is 2.74. The van der Waals surface area contributed by atoms with Crippen molar-refractivity contribution in [3.63, 3.8) is 0 Å². The van der Waals surface area contributed by atoms with Gasteiger partial charge in [0.1, 0.15) is 5.75 Å². The van der Waals surface area contributed by atoms with Crippen LogP contribution in [0.15, 0.2) is 24.3 Å². The molecule has 1 atom stereocenters. The quantitative estimate of drug-likeness (QED) is 0.753. The molecule has 0 aromatic heterocycles. The third-order valence-corrected chi connectivity index (χ3v) is 3.43. The number of nitriles is 1. The van der Waals surface area contributed by atoms with Crippen molar-refractivity contribution >= 4 is 5.69 Å². The lowest BCUT2D eigenvalue weighted by atomic mass is 9.88. The maximum atomic E-state index is 8.67. The number of hydrogen-bond acceptors (Lipinski definition) is 3. The maximum Gasteiger partial charge on any atom is 0.121 e. The molecule has 20 heavy (non-hydrogen) atoms. The fourth-order valence-electron chi connectivity index (χ4n) is 1.82. The second-order valence-electron chi connectivity index (χ2n) is 6.04. The molecule has 1 rings (SSSR count). The molecular formula is C17H26N2O. The van der Waals surface area contributed by atoms with Crippen LogP contribution in [0.25, 0.3) is 0 Å². The Balaban J connectivity index is 2.56. The fraction of sp³-hybridized carbons (Fsp3) is 0.588. The predicted octanol–water partition coefficient (Wildman–Crippen LogP) is 4.61. The maximum absolute atomic E-state index is 8.67. The molecule has 0 heterocycles. The van der Waals surface area contributed by atoms with E-state index in [1.54, 1.807) is 0 Å². The topological polar surface area (TPSA) is 45.0 Å². The standard InChI is InChI=1S/C17H26N2O/c1-5-14(2)20-16-9-6-8-15(12-16)19-13-17(3,4)10-7-11-18/h6,8-9,12,14,19H,5,7,10,13H2,1-4H3. The van der Waals surface area contributed by atoms with Crippen molar-refractivity contribution in [1.29, 1.82) is 5.26 Å². The molecule has 1 aromatic carbocycles. The fourth-order valence-corrected chi connectivity index (χ4v) is 1.82. The van der Waals surface area contributed by atoms with Crippen LogP contribution in [0.1, 0.15) is 47.0 Å². The Bertz CT molecular complexity index is 449. The Morgan fingerprint density at radius 3 is 2.80 bits per heavy atom. The normalized spacial score (nSPS) is 12.6. The summed E-state index contributed by atoms with van der Waals surface area (Å²) < 4.78 is 5.82. The van der Waals surface area contributed by atoms with Gasteiger partial charge in [-0.05, 0) is 37.3 Å². The van der Waals surface area contributed by atoms with Crippen LogP contribution in [-0.4, -0.2) is 12.6 Å². The van der Waals surface area contributed by atoms with Gasteiger partial charge in [-0.1, -0.05) is 26.8 Å². The van der Waals surface area contributed by atoms with Gasteiger partial charge in [0.2, 0.25) is 0 Å². The van der Waals surface area contributed by atoms with Crippen LogP contribution in [0.5, 0.6) is 5.75 Å². The first kappa shape index (κ1) is 16.4. The van der Waals surface area contributed by atoms with Gasteiger partial charge in [-0.25, -0.2) is 0 Å². The zero-order valence-electron chi connectivity index (χ0n) is 13.1. The molecule has 0 fully saturated rings. The van der Waals surface area contributed by atoms with Crippen LogP contribution >= 0.6 is 0 Å². The molecular weight excluding hydrogens is 248 g/mol. The SMILES string of the molecule is CCC(C)Oc1cccc(NCC(C)(C)CCC#N)c1. The minimum absolute atomic E-state index is 0.114. The molecule has 0 bridgehead atoms. The van der Waals surface area contributed by atoms with E-state index in [-0.39, 0.29) is 11.5 Å². The van der Waals surface area contributed by atoms with Gasteiger partial charge in [-0.2, -0.15) is 5.26 Å². The van der Waals surface area contributed by atoms with Gasteiger partial charge in [-0.15, -0.1) is 0 Å². The summed E-state index contributed by atoms with van der Waals surface area (Å²) in [5.41, 5.74) is 1.18. The van der Waals surface area contributed by atoms with Crippen LogP contribution < -0.4 is 10.1 Å². The number of nitrogens with zero attached hydrogens (tertiary/aromatic N) is 1. The number of hydrogen-bond donors (Lipinski definition) is 1. The molecule has 3 heteroatoms. The molecule has 1 unspecified atom stereocenters. The summed E-state index contributed by atoms with van der Waals surface area (Å²) in [6, 6.07) is 10.3. The summed E-state index contributed by atoms with van der Waals surface area (Å²) in [7, 11) is 0. The van der Waals surface area contributed by atoms with Gasteiger partial charge in [0.05, 0.1) is 12.2 Å². The van der Waals surface area contributed by atoms with Crippen LogP contribution in [0.4, 0.5) is 5.69 Å². The second-order valence-corrected chi connectivity index (χ2v) is 6.04. The molecule has 0 aliphatic rings. The molecule has 1 aromatic rings. The molecule has 110 valence electrons. The van der Waals surface area contributed by atoms with Crippen LogP contribution in [-0.2, 0) is 0 Å². The molecule has 0 aliphatic heterocycles. The summed E-state index contributed by atoms with van der Waals surface area (Å²) >= 11 is 0. The average molecular weight is 274 g/mol. The van der Waals surface area contributed by atoms with Crippen LogP contribution in [0, 0.1) is 16.7 Å². The lowest BCUT2D eigenvalue weighted by molar-refractivity contribution is 0.217. The van der Waals surface area contributed by atoms with Gasteiger partial charge in [0, 0.05) is 24.7 Å². The average Bonchev–Trinajstić information content (AvgIpc) is 2.43. The van der Waals surface area contributed by atoms with Crippen molar-refractivity contribution in [2.75, 3.05) is 11.9 Å². The van der Waals surface area contributed by atoms with E-state index in [1.807, 2.05) is 24.3 Å². The first-order valence-corrected chi connectivity index (χ1v) is 7.34. The van der Waals surface area contributed by atoms with E-state index in [4.69, 9.17) is 10.00 Å². The molecule has 0 amide bonds. The highest BCUT2D eigenvalue weighted by Crippen LogP contribution is 2.24. The Labute approximate surface area is 123 Å². The molecule has 1 N–H and O–H groups in total. The van der Waals surface area contributed by atoms with Crippen molar-refractivity contribution in [3.05, 3.63) is 24.3 Å². The van der Waals surface area contributed by atoms with Crippen molar-refractivity contribution < 1.29 is 4.74 Å².